The number of rotatable bonds is 4. The predicted octanol–water partition coefficient (Wildman–Crippen LogP) is 3.32. The fraction of sp³-hybridized carbons (Fsp3) is 0.350. The van der Waals surface area contributed by atoms with E-state index in [2.05, 4.69) is 28.8 Å². The number of carbonyl (C=O) groups is 1. The summed E-state index contributed by atoms with van der Waals surface area (Å²) < 4.78 is 5.43. The molecule has 0 spiro atoms. The normalized spacial score (nSPS) is 17.0. The number of hydrogen-bond donors (Lipinski definition) is 2. The second-order valence-corrected chi connectivity index (χ2v) is 6.38. The van der Waals surface area contributed by atoms with Crippen LogP contribution in [-0.4, -0.2) is 19.1 Å². The van der Waals surface area contributed by atoms with E-state index < -0.39 is 0 Å². The minimum atomic E-state index is -0.196. The zero-order chi connectivity index (χ0) is 17.1. The first kappa shape index (κ1) is 19.3. The number of fused-ring (bicyclic) bond motifs is 1. The van der Waals surface area contributed by atoms with E-state index in [0.29, 0.717) is 0 Å². The molecule has 1 aliphatic rings. The van der Waals surface area contributed by atoms with Crippen LogP contribution in [0.15, 0.2) is 42.5 Å². The van der Waals surface area contributed by atoms with Gasteiger partial charge >= 0.3 is 0 Å². The van der Waals surface area contributed by atoms with Crippen molar-refractivity contribution in [3.63, 3.8) is 0 Å². The lowest BCUT2D eigenvalue weighted by Gasteiger charge is -2.27. The molecule has 0 fully saturated rings. The van der Waals surface area contributed by atoms with Crippen LogP contribution in [0.2, 0.25) is 0 Å². The summed E-state index contributed by atoms with van der Waals surface area (Å²) in [6.45, 7) is 4.76. The van der Waals surface area contributed by atoms with E-state index in [-0.39, 0.29) is 30.4 Å². The first-order valence-corrected chi connectivity index (χ1v) is 8.33. The average Bonchev–Trinajstić information content (AvgIpc) is 2.61. The maximum atomic E-state index is 12.7. The molecule has 2 unspecified atom stereocenters. The molecule has 0 saturated heterocycles. The van der Waals surface area contributed by atoms with Crippen molar-refractivity contribution in [2.45, 2.75) is 38.9 Å². The van der Waals surface area contributed by atoms with Crippen molar-refractivity contribution in [1.82, 2.24) is 10.6 Å². The van der Waals surface area contributed by atoms with Gasteiger partial charge in [0.15, 0.2) is 0 Å². The number of carbonyl (C=O) groups excluding carboxylic acids is 1. The largest absolute Gasteiger partial charge is 0.496 e. The zero-order valence-corrected chi connectivity index (χ0v) is 15.7. The number of amides is 1. The fourth-order valence-corrected chi connectivity index (χ4v) is 3.22. The SMILES string of the molecule is COc1ccc(C)cc1C(C)NC(=O)C1Cc2ccccc2CN1.Cl. The molecule has 2 N–H and O–H groups in total. The quantitative estimate of drug-likeness (QED) is 0.879. The molecular formula is C20H25ClN2O2. The van der Waals surface area contributed by atoms with Crippen molar-refractivity contribution in [2.75, 3.05) is 7.11 Å². The highest BCUT2D eigenvalue weighted by Gasteiger charge is 2.25. The molecule has 0 aliphatic carbocycles. The van der Waals surface area contributed by atoms with E-state index in [1.807, 2.05) is 38.1 Å². The zero-order valence-electron chi connectivity index (χ0n) is 14.8. The average molecular weight is 361 g/mol. The third-order valence-corrected chi connectivity index (χ3v) is 4.61. The lowest BCUT2D eigenvalue weighted by Crippen LogP contribution is -2.48. The van der Waals surface area contributed by atoms with Gasteiger partial charge in [0.25, 0.3) is 0 Å². The van der Waals surface area contributed by atoms with Crippen molar-refractivity contribution >= 4 is 18.3 Å². The Bertz CT molecular complexity index is 748. The highest BCUT2D eigenvalue weighted by molar-refractivity contribution is 5.85. The Morgan fingerprint density at radius 2 is 1.96 bits per heavy atom. The molecule has 2 aromatic carbocycles. The molecule has 1 amide bonds. The van der Waals surface area contributed by atoms with Gasteiger partial charge in [-0.3, -0.25) is 4.79 Å². The van der Waals surface area contributed by atoms with Crippen LogP contribution in [0.1, 0.15) is 35.2 Å². The van der Waals surface area contributed by atoms with Crippen LogP contribution >= 0.6 is 12.4 Å². The Kier molecular flexibility index (Phi) is 6.45. The molecule has 134 valence electrons. The highest BCUT2D eigenvalue weighted by atomic mass is 35.5. The lowest BCUT2D eigenvalue weighted by molar-refractivity contribution is -0.124. The first-order valence-electron chi connectivity index (χ1n) is 8.33. The number of methoxy groups -OCH3 is 1. The number of benzene rings is 2. The van der Waals surface area contributed by atoms with Crippen LogP contribution in [0.25, 0.3) is 0 Å². The van der Waals surface area contributed by atoms with Crippen LogP contribution < -0.4 is 15.4 Å². The minimum Gasteiger partial charge on any atom is -0.496 e. The predicted molar refractivity (Wildman–Crippen MR) is 102 cm³/mol. The number of nitrogens with one attached hydrogen (secondary N) is 2. The van der Waals surface area contributed by atoms with Crippen LogP contribution in [-0.2, 0) is 17.8 Å². The Labute approximate surface area is 155 Å². The van der Waals surface area contributed by atoms with Crippen LogP contribution in [0.5, 0.6) is 5.75 Å². The molecule has 0 radical (unpaired) electrons. The Balaban J connectivity index is 0.00000225. The van der Waals surface area contributed by atoms with Gasteiger partial charge in [-0.15, -0.1) is 12.4 Å². The summed E-state index contributed by atoms with van der Waals surface area (Å²) in [5.74, 6) is 0.830. The number of halogens is 1. The minimum absolute atomic E-state index is 0. The summed E-state index contributed by atoms with van der Waals surface area (Å²) in [5, 5.41) is 6.45. The standard InChI is InChI=1S/C20H24N2O2.ClH/c1-13-8-9-19(24-3)17(10-13)14(2)22-20(23)18-11-15-6-4-5-7-16(15)12-21-18;/h4-10,14,18,21H,11-12H2,1-3H3,(H,22,23);1H. The molecule has 0 bridgehead atoms. The Hall–Kier alpha value is -2.04. The molecule has 4 nitrogen and oxygen atoms in total. The van der Waals surface area contributed by atoms with E-state index in [0.717, 1.165) is 29.8 Å². The Morgan fingerprint density at radius 3 is 2.68 bits per heavy atom. The van der Waals surface area contributed by atoms with Crippen molar-refractivity contribution in [3.8, 4) is 5.75 Å². The maximum Gasteiger partial charge on any atom is 0.237 e. The molecule has 25 heavy (non-hydrogen) atoms. The first-order chi connectivity index (χ1) is 11.6. The van der Waals surface area contributed by atoms with Gasteiger partial charge in [0.2, 0.25) is 5.91 Å². The van der Waals surface area contributed by atoms with Crippen molar-refractivity contribution in [3.05, 3.63) is 64.7 Å². The summed E-state index contributed by atoms with van der Waals surface area (Å²) in [5.41, 5.74) is 4.67. The smallest absolute Gasteiger partial charge is 0.237 e. The van der Waals surface area contributed by atoms with Crippen LogP contribution in [0.3, 0.4) is 0 Å². The molecule has 1 heterocycles. The summed E-state index contributed by atoms with van der Waals surface area (Å²) in [6, 6.07) is 14.0. The summed E-state index contributed by atoms with van der Waals surface area (Å²) in [7, 11) is 1.66. The third kappa shape index (κ3) is 4.33. The fourth-order valence-electron chi connectivity index (χ4n) is 3.22. The van der Waals surface area contributed by atoms with Gasteiger partial charge in [0.1, 0.15) is 5.75 Å². The topological polar surface area (TPSA) is 50.4 Å². The van der Waals surface area contributed by atoms with E-state index in [4.69, 9.17) is 4.74 Å². The second kappa shape index (κ2) is 8.37. The van der Waals surface area contributed by atoms with Gasteiger partial charge in [0, 0.05) is 12.1 Å². The molecule has 0 aromatic heterocycles. The molecule has 5 heteroatoms. The monoisotopic (exact) mass is 360 g/mol. The van der Waals surface area contributed by atoms with Gasteiger partial charge in [-0.25, -0.2) is 0 Å². The molecule has 1 aliphatic heterocycles. The third-order valence-electron chi connectivity index (χ3n) is 4.61. The number of ether oxygens (including phenoxy) is 1. The van der Waals surface area contributed by atoms with E-state index in [9.17, 15) is 4.79 Å². The molecule has 2 atom stereocenters. The van der Waals surface area contributed by atoms with Gasteiger partial charge in [-0.1, -0.05) is 42.0 Å². The molecular weight excluding hydrogens is 336 g/mol. The van der Waals surface area contributed by atoms with Gasteiger partial charge in [-0.2, -0.15) is 0 Å². The van der Waals surface area contributed by atoms with Crippen LogP contribution in [0, 0.1) is 6.92 Å². The molecule has 2 aromatic rings. The lowest BCUT2D eigenvalue weighted by atomic mass is 9.95. The van der Waals surface area contributed by atoms with Crippen molar-refractivity contribution in [1.29, 1.82) is 0 Å². The highest BCUT2D eigenvalue weighted by Crippen LogP contribution is 2.26. The summed E-state index contributed by atoms with van der Waals surface area (Å²) >= 11 is 0. The van der Waals surface area contributed by atoms with Crippen molar-refractivity contribution in [2.24, 2.45) is 0 Å². The molecule has 0 saturated carbocycles. The van der Waals surface area contributed by atoms with Gasteiger partial charge < -0.3 is 15.4 Å². The Morgan fingerprint density at radius 1 is 1.24 bits per heavy atom. The summed E-state index contributed by atoms with van der Waals surface area (Å²) in [6.07, 6.45) is 0.722. The number of aryl methyl sites for hydroxylation is 1. The summed E-state index contributed by atoms with van der Waals surface area (Å²) in [4.78, 5) is 12.7. The van der Waals surface area contributed by atoms with Gasteiger partial charge in [0.05, 0.1) is 19.2 Å². The molecule has 3 rings (SSSR count). The van der Waals surface area contributed by atoms with E-state index >= 15 is 0 Å². The van der Waals surface area contributed by atoms with Crippen molar-refractivity contribution < 1.29 is 9.53 Å². The van der Waals surface area contributed by atoms with E-state index in [1.165, 1.54) is 11.1 Å². The van der Waals surface area contributed by atoms with Crippen LogP contribution in [0.4, 0.5) is 0 Å². The maximum absolute atomic E-state index is 12.7. The van der Waals surface area contributed by atoms with Gasteiger partial charge in [-0.05, 0) is 37.5 Å². The second-order valence-electron chi connectivity index (χ2n) is 6.38. The van der Waals surface area contributed by atoms with E-state index in [1.54, 1.807) is 7.11 Å². The number of hydrogen-bond acceptors (Lipinski definition) is 3.